The number of aromatic nitrogens is 4. The average molecular weight is 518 g/mol. The third-order valence-electron chi connectivity index (χ3n) is 7.50. The fraction of sp³-hybridized carbons (Fsp3) is 0.357. The van der Waals surface area contributed by atoms with Crippen molar-refractivity contribution in [2.24, 2.45) is 5.92 Å². The zero-order chi connectivity index (χ0) is 26.4. The fourth-order valence-electron chi connectivity index (χ4n) is 5.10. The molecule has 2 aromatic heterocycles. The number of nitrogens with zero attached hydrogens (tertiary/aromatic N) is 5. The number of aliphatic hydroxyl groups is 1. The summed E-state index contributed by atoms with van der Waals surface area (Å²) in [6.07, 6.45) is 5.67. The first-order chi connectivity index (χ1) is 18.3. The predicted octanol–water partition coefficient (Wildman–Crippen LogP) is 3.16. The van der Waals surface area contributed by atoms with Crippen LogP contribution in [0.1, 0.15) is 25.7 Å². The molecule has 2 fully saturated rings. The Bertz CT molecular complexity index is 1570. The summed E-state index contributed by atoms with van der Waals surface area (Å²) < 4.78 is 22.1. The van der Waals surface area contributed by atoms with E-state index in [9.17, 15) is 19.1 Å². The molecule has 1 aliphatic carbocycles. The van der Waals surface area contributed by atoms with Gasteiger partial charge in [0.1, 0.15) is 23.3 Å². The molecular formula is C28H28FN5O4. The SMILES string of the molecule is COc1cc(F)cc(-c2ccc(-n3ncc4c(=O)n(CC5(O)CCN(C(=O)C6CC6)CC5)cnc43)cc2)c1. The molecule has 2 aliphatic rings. The second-order valence-electron chi connectivity index (χ2n) is 10.2. The summed E-state index contributed by atoms with van der Waals surface area (Å²) in [7, 11) is 1.49. The number of ether oxygens (including phenoxy) is 1. The highest BCUT2D eigenvalue weighted by Crippen LogP contribution is 2.33. The predicted molar refractivity (Wildman–Crippen MR) is 139 cm³/mol. The van der Waals surface area contributed by atoms with E-state index in [0.29, 0.717) is 54.0 Å². The van der Waals surface area contributed by atoms with Gasteiger partial charge in [-0.15, -0.1) is 0 Å². The highest BCUT2D eigenvalue weighted by atomic mass is 19.1. The van der Waals surface area contributed by atoms with Gasteiger partial charge in [0.05, 0.1) is 31.1 Å². The number of fused-ring (bicyclic) bond motifs is 1. The number of likely N-dealkylation sites (tertiary alicyclic amines) is 1. The average Bonchev–Trinajstić information content (AvgIpc) is 3.69. The summed E-state index contributed by atoms with van der Waals surface area (Å²) in [5, 5.41) is 15.9. The maximum Gasteiger partial charge on any atom is 0.264 e. The molecule has 196 valence electrons. The lowest BCUT2D eigenvalue weighted by Gasteiger charge is -2.38. The number of carbonyl (C=O) groups is 1. The smallest absolute Gasteiger partial charge is 0.264 e. The first-order valence-electron chi connectivity index (χ1n) is 12.7. The Morgan fingerprint density at radius 1 is 1.13 bits per heavy atom. The monoisotopic (exact) mass is 517 g/mol. The van der Waals surface area contributed by atoms with Crippen LogP contribution in [0.5, 0.6) is 5.75 Å². The lowest BCUT2D eigenvalue weighted by molar-refractivity contribution is -0.137. The Morgan fingerprint density at radius 2 is 1.87 bits per heavy atom. The van der Waals surface area contributed by atoms with E-state index in [1.165, 1.54) is 36.3 Å². The molecule has 1 saturated heterocycles. The number of halogens is 1. The van der Waals surface area contributed by atoms with Crippen molar-refractivity contribution in [3.63, 3.8) is 0 Å². The van der Waals surface area contributed by atoms with Crippen molar-refractivity contribution in [3.05, 3.63) is 71.2 Å². The van der Waals surface area contributed by atoms with Gasteiger partial charge in [0, 0.05) is 25.1 Å². The van der Waals surface area contributed by atoms with E-state index >= 15 is 0 Å². The van der Waals surface area contributed by atoms with Gasteiger partial charge in [-0.25, -0.2) is 14.1 Å². The molecule has 0 bridgehead atoms. The number of amides is 1. The van der Waals surface area contributed by atoms with Crippen molar-refractivity contribution >= 4 is 16.9 Å². The van der Waals surface area contributed by atoms with E-state index in [1.54, 1.807) is 10.7 Å². The highest BCUT2D eigenvalue weighted by molar-refractivity contribution is 5.81. The third kappa shape index (κ3) is 4.56. The van der Waals surface area contributed by atoms with Crippen molar-refractivity contribution in [1.29, 1.82) is 0 Å². The summed E-state index contributed by atoms with van der Waals surface area (Å²) in [6, 6.07) is 11.9. The molecule has 1 saturated carbocycles. The van der Waals surface area contributed by atoms with Crippen LogP contribution >= 0.6 is 0 Å². The van der Waals surface area contributed by atoms with Crippen LogP contribution in [0.25, 0.3) is 27.8 Å². The molecule has 2 aromatic carbocycles. The third-order valence-corrected chi connectivity index (χ3v) is 7.50. The maximum absolute atomic E-state index is 13.9. The van der Waals surface area contributed by atoms with E-state index in [1.807, 2.05) is 29.2 Å². The van der Waals surface area contributed by atoms with Gasteiger partial charge in [0.25, 0.3) is 5.56 Å². The van der Waals surface area contributed by atoms with Crippen LogP contribution in [0.3, 0.4) is 0 Å². The normalized spacial score (nSPS) is 17.1. The first-order valence-corrected chi connectivity index (χ1v) is 12.7. The molecule has 9 nitrogen and oxygen atoms in total. The standard InChI is InChI=1S/C28H28FN5O4/c1-38-23-13-20(12-21(29)14-23)18-4-6-22(7-5-18)34-25-24(15-31-34)27(36)33(17-30-25)16-28(37)8-10-32(11-9-28)26(35)19-2-3-19/h4-7,12-15,17,19,37H,2-3,8-11,16H2,1H3. The molecule has 38 heavy (non-hydrogen) atoms. The summed E-state index contributed by atoms with van der Waals surface area (Å²) >= 11 is 0. The van der Waals surface area contributed by atoms with Crippen LogP contribution in [0.15, 0.2) is 59.8 Å². The zero-order valence-corrected chi connectivity index (χ0v) is 21.0. The molecular weight excluding hydrogens is 489 g/mol. The van der Waals surface area contributed by atoms with Crippen LogP contribution < -0.4 is 10.3 Å². The van der Waals surface area contributed by atoms with Gasteiger partial charge >= 0.3 is 0 Å². The van der Waals surface area contributed by atoms with Gasteiger partial charge in [0.15, 0.2) is 5.65 Å². The lowest BCUT2D eigenvalue weighted by atomic mass is 9.91. The van der Waals surface area contributed by atoms with Crippen molar-refractivity contribution < 1.29 is 19.0 Å². The van der Waals surface area contributed by atoms with Gasteiger partial charge in [-0.1, -0.05) is 12.1 Å². The summed E-state index contributed by atoms with van der Waals surface area (Å²) in [4.78, 5) is 31.9. The Labute approximate surface area is 218 Å². The molecule has 0 spiro atoms. The molecule has 1 amide bonds. The van der Waals surface area contributed by atoms with Crippen molar-refractivity contribution in [2.45, 2.75) is 37.8 Å². The summed E-state index contributed by atoms with van der Waals surface area (Å²) in [5.74, 6) is 0.393. The second kappa shape index (κ2) is 9.36. The van der Waals surface area contributed by atoms with E-state index in [2.05, 4.69) is 10.1 Å². The number of hydrogen-bond donors (Lipinski definition) is 1. The number of methoxy groups -OCH3 is 1. The molecule has 4 aromatic rings. The van der Waals surface area contributed by atoms with Gasteiger partial charge in [0.2, 0.25) is 5.91 Å². The summed E-state index contributed by atoms with van der Waals surface area (Å²) in [6.45, 7) is 1.09. The van der Waals surface area contributed by atoms with Gasteiger partial charge in [-0.05, 0) is 61.1 Å². The molecule has 0 atom stereocenters. The van der Waals surface area contributed by atoms with Gasteiger partial charge in [-0.3, -0.25) is 14.2 Å². The number of carbonyl (C=O) groups excluding carboxylic acids is 1. The number of hydrogen-bond acceptors (Lipinski definition) is 6. The van der Waals surface area contributed by atoms with E-state index in [4.69, 9.17) is 4.74 Å². The van der Waals surface area contributed by atoms with E-state index in [0.717, 1.165) is 18.4 Å². The molecule has 1 N–H and O–H groups in total. The molecule has 0 radical (unpaired) electrons. The van der Waals surface area contributed by atoms with Crippen molar-refractivity contribution in [1.82, 2.24) is 24.2 Å². The van der Waals surface area contributed by atoms with Crippen LogP contribution in [-0.2, 0) is 11.3 Å². The van der Waals surface area contributed by atoms with Crippen molar-refractivity contribution in [2.75, 3.05) is 20.2 Å². The minimum Gasteiger partial charge on any atom is -0.497 e. The van der Waals surface area contributed by atoms with E-state index < -0.39 is 5.60 Å². The minimum atomic E-state index is -1.08. The molecule has 3 heterocycles. The molecule has 0 unspecified atom stereocenters. The molecule has 1 aliphatic heterocycles. The van der Waals surface area contributed by atoms with E-state index in [-0.39, 0.29) is 29.7 Å². The van der Waals surface area contributed by atoms with Crippen LogP contribution in [0.4, 0.5) is 4.39 Å². The Balaban J connectivity index is 1.21. The Hall–Kier alpha value is -4.05. The van der Waals surface area contributed by atoms with Crippen LogP contribution in [0.2, 0.25) is 0 Å². The van der Waals surface area contributed by atoms with Crippen LogP contribution in [-0.4, -0.2) is 61.0 Å². The Morgan fingerprint density at radius 3 is 2.55 bits per heavy atom. The lowest BCUT2D eigenvalue weighted by Crippen LogP contribution is -2.50. The summed E-state index contributed by atoms with van der Waals surface area (Å²) in [5.41, 5.74) is 1.23. The first kappa shape index (κ1) is 24.3. The highest BCUT2D eigenvalue weighted by Gasteiger charge is 2.39. The zero-order valence-electron chi connectivity index (χ0n) is 21.0. The molecule has 6 rings (SSSR count). The quantitative estimate of drug-likeness (QED) is 0.422. The minimum absolute atomic E-state index is 0.108. The van der Waals surface area contributed by atoms with Gasteiger partial charge in [-0.2, -0.15) is 5.10 Å². The Kier molecular flexibility index (Phi) is 5.98. The topological polar surface area (TPSA) is 102 Å². The van der Waals surface area contributed by atoms with Gasteiger partial charge < -0.3 is 14.7 Å². The van der Waals surface area contributed by atoms with Crippen molar-refractivity contribution in [3.8, 4) is 22.6 Å². The second-order valence-corrected chi connectivity index (χ2v) is 10.2. The number of rotatable bonds is 6. The maximum atomic E-state index is 13.9. The number of benzene rings is 2. The van der Waals surface area contributed by atoms with Crippen LogP contribution in [0, 0.1) is 11.7 Å². The fourth-order valence-corrected chi connectivity index (χ4v) is 5.10. The number of piperidine rings is 1. The largest absolute Gasteiger partial charge is 0.497 e. The molecule has 10 heteroatoms.